The predicted octanol–water partition coefficient (Wildman–Crippen LogP) is 3.79. The molecule has 3 nitrogen and oxygen atoms in total. The van der Waals surface area contributed by atoms with E-state index in [1.165, 1.54) is 0 Å². The molecule has 20 heavy (non-hydrogen) atoms. The van der Waals surface area contributed by atoms with E-state index in [2.05, 4.69) is 5.32 Å². The summed E-state index contributed by atoms with van der Waals surface area (Å²) in [7, 11) is 0. The second kappa shape index (κ2) is 6.25. The first-order chi connectivity index (χ1) is 9.47. The molecule has 0 aliphatic rings. The van der Waals surface area contributed by atoms with E-state index in [4.69, 9.17) is 23.2 Å². The first-order valence-electron chi connectivity index (χ1n) is 6.20. The number of benzene rings is 1. The number of anilines is 1. The topological polar surface area (TPSA) is 33.0 Å². The third kappa shape index (κ3) is 3.50. The Morgan fingerprint density at radius 2 is 1.85 bits per heavy atom. The molecule has 0 fully saturated rings. The molecule has 2 aromatic rings. The molecule has 1 aromatic carbocycles. The van der Waals surface area contributed by atoms with Crippen LogP contribution >= 0.6 is 23.2 Å². The molecule has 1 N–H and O–H groups in total. The summed E-state index contributed by atoms with van der Waals surface area (Å²) in [5.74, 6) is -0.150. The third-order valence-electron chi connectivity index (χ3n) is 3.03. The van der Waals surface area contributed by atoms with Gasteiger partial charge < -0.3 is 5.32 Å². The Hall–Kier alpha value is -1.58. The predicted molar refractivity (Wildman–Crippen MR) is 81.2 cm³/mol. The summed E-state index contributed by atoms with van der Waals surface area (Å²) in [6.45, 7) is 3.82. The summed E-state index contributed by atoms with van der Waals surface area (Å²) >= 11 is 11.9. The van der Waals surface area contributed by atoms with Gasteiger partial charge in [-0.05, 0) is 30.7 Å². The maximum absolute atomic E-state index is 12.2. The van der Waals surface area contributed by atoms with Crippen LogP contribution < -0.4 is 9.88 Å². The normalized spacial score (nSPS) is 12.0. The van der Waals surface area contributed by atoms with Crippen molar-refractivity contribution >= 4 is 34.8 Å². The number of nitrogens with one attached hydrogen (secondary N) is 1. The fraction of sp³-hybridized carbons (Fsp3) is 0.200. The molecule has 0 aliphatic carbocycles. The number of carbonyl (C=O) groups is 1. The molecule has 5 heteroatoms. The monoisotopic (exact) mass is 309 g/mol. The van der Waals surface area contributed by atoms with E-state index in [1.54, 1.807) is 18.2 Å². The van der Waals surface area contributed by atoms with Gasteiger partial charge >= 0.3 is 0 Å². The van der Waals surface area contributed by atoms with Crippen LogP contribution in [0.5, 0.6) is 0 Å². The van der Waals surface area contributed by atoms with Crippen molar-refractivity contribution in [3.8, 4) is 0 Å². The van der Waals surface area contributed by atoms with Gasteiger partial charge in [0.2, 0.25) is 6.04 Å². The molecule has 0 aliphatic heterocycles. The van der Waals surface area contributed by atoms with Crippen LogP contribution in [-0.4, -0.2) is 5.91 Å². The minimum Gasteiger partial charge on any atom is -0.319 e. The smallest absolute Gasteiger partial charge is 0.293 e. The molecule has 0 saturated heterocycles. The van der Waals surface area contributed by atoms with Gasteiger partial charge in [-0.2, -0.15) is 4.57 Å². The summed E-state index contributed by atoms with van der Waals surface area (Å²) in [6.07, 6.45) is 3.75. The van der Waals surface area contributed by atoms with Gasteiger partial charge in [-0.3, -0.25) is 4.79 Å². The van der Waals surface area contributed by atoms with Crippen LogP contribution in [0.15, 0.2) is 42.7 Å². The summed E-state index contributed by atoms with van der Waals surface area (Å²) in [6, 6.07) is 8.53. The Kier molecular flexibility index (Phi) is 4.63. The van der Waals surface area contributed by atoms with E-state index in [0.29, 0.717) is 15.7 Å². The average Bonchev–Trinajstić information content (AvgIpc) is 2.43. The quantitative estimate of drug-likeness (QED) is 0.860. The van der Waals surface area contributed by atoms with Crippen molar-refractivity contribution in [1.82, 2.24) is 0 Å². The molecular weight excluding hydrogens is 295 g/mol. The summed E-state index contributed by atoms with van der Waals surface area (Å²) in [4.78, 5) is 12.2. The molecule has 0 bridgehead atoms. The number of amides is 1. The fourth-order valence-electron chi connectivity index (χ4n) is 1.74. The summed E-state index contributed by atoms with van der Waals surface area (Å²) < 4.78 is 1.83. The molecule has 1 amide bonds. The van der Waals surface area contributed by atoms with Gasteiger partial charge in [-0.1, -0.05) is 23.2 Å². The molecular formula is C15H15Cl2N2O+. The van der Waals surface area contributed by atoms with Gasteiger partial charge in [-0.15, -0.1) is 0 Å². The van der Waals surface area contributed by atoms with Crippen molar-refractivity contribution in [3.05, 3.63) is 58.3 Å². The van der Waals surface area contributed by atoms with Gasteiger partial charge in [0.15, 0.2) is 12.4 Å². The lowest BCUT2D eigenvalue weighted by Crippen LogP contribution is -2.44. The molecule has 1 heterocycles. The lowest BCUT2D eigenvalue weighted by molar-refractivity contribution is -0.705. The maximum Gasteiger partial charge on any atom is 0.293 e. The minimum absolute atomic E-state index is 0.150. The highest BCUT2D eigenvalue weighted by molar-refractivity contribution is 6.35. The van der Waals surface area contributed by atoms with Crippen LogP contribution in [0.2, 0.25) is 10.0 Å². The Bertz CT molecular complexity index is 626. The second-order valence-corrected chi connectivity index (χ2v) is 5.46. The average molecular weight is 310 g/mol. The number of aryl methyl sites for hydroxylation is 1. The summed E-state index contributed by atoms with van der Waals surface area (Å²) in [5.41, 5.74) is 1.66. The first-order valence-corrected chi connectivity index (χ1v) is 6.96. The first kappa shape index (κ1) is 14.8. The number of aromatic nitrogens is 1. The molecule has 0 radical (unpaired) electrons. The standard InChI is InChI=1S/C15H14Cl2N2O/c1-10-5-7-19(8-6-10)11(2)15(20)18-14-9-12(16)3-4-13(14)17/h3-9,11H,1-2H3/p+1/t11-/m1/s1. The molecule has 104 valence electrons. The molecule has 2 rings (SSSR count). The van der Waals surface area contributed by atoms with Crippen molar-refractivity contribution in [2.24, 2.45) is 0 Å². The molecule has 0 spiro atoms. The van der Waals surface area contributed by atoms with Gasteiger partial charge in [0.1, 0.15) is 0 Å². The molecule has 0 saturated carbocycles. The maximum atomic E-state index is 12.2. The lowest BCUT2D eigenvalue weighted by Gasteiger charge is -2.10. The van der Waals surface area contributed by atoms with Crippen molar-refractivity contribution in [1.29, 1.82) is 0 Å². The number of rotatable bonds is 3. The Balaban J connectivity index is 2.15. The molecule has 1 atom stereocenters. The van der Waals surface area contributed by atoms with Crippen LogP contribution in [0.4, 0.5) is 5.69 Å². The minimum atomic E-state index is -0.342. The molecule has 1 aromatic heterocycles. The highest BCUT2D eigenvalue weighted by atomic mass is 35.5. The van der Waals surface area contributed by atoms with E-state index < -0.39 is 0 Å². The number of pyridine rings is 1. The van der Waals surface area contributed by atoms with Crippen molar-refractivity contribution in [3.63, 3.8) is 0 Å². The van der Waals surface area contributed by atoms with Gasteiger partial charge in [0.05, 0.1) is 10.7 Å². The highest BCUT2D eigenvalue weighted by Crippen LogP contribution is 2.25. The van der Waals surface area contributed by atoms with Gasteiger partial charge in [-0.25, -0.2) is 0 Å². The van der Waals surface area contributed by atoms with Crippen molar-refractivity contribution in [2.75, 3.05) is 5.32 Å². The van der Waals surface area contributed by atoms with Crippen molar-refractivity contribution < 1.29 is 9.36 Å². The molecule has 0 unspecified atom stereocenters. The summed E-state index contributed by atoms with van der Waals surface area (Å²) in [5, 5.41) is 3.78. The largest absolute Gasteiger partial charge is 0.319 e. The van der Waals surface area contributed by atoms with Crippen LogP contribution in [-0.2, 0) is 4.79 Å². The zero-order valence-electron chi connectivity index (χ0n) is 11.2. The number of hydrogen-bond donors (Lipinski definition) is 1. The van der Waals surface area contributed by atoms with E-state index in [-0.39, 0.29) is 11.9 Å². The third-order valence-corrected chi connectivity index (χ3v) is 3.60. The van der Waals surface area contributed by atoms with E-state index in [0.717, 1.165) is 5.56 Å². The Morgan fingerprint density at radius 3 is 2.50 bits per heavy atom. The zero-order valence-corrected chi connectivity index (χ0v) is 12.7. The SMILES string of the molecule is Cc1cc[n+]([C@H](C)C(=O)Nc2cc(Cl)ccc2Cl)cc1. The number of nitrogens with zero attached hydrogens (tertiary/aromatic N) is 1. The highest BCUT2D eigenvalue weighted by Gasteiger charge is 2.22. The van der Waals surface area contributed by atoms with E-state index in [9.17, 15) is 4.79 Å². The van der Waals surface area contributed by atoms with Gasteiger partial charge in [0, 0.05) is 24.1 Å². The van der Waals surface area contributed by atoms with Crippen LogP contribution in [0.3, 0.4) is 0 Å². The van der Waals surface area contributed by atoms with Crippen molar-refractivity contribution in [2.45, 2.75) is 19.9 Å². The fourth-order valence-corrected chi connectivity index (χ4v) is 2.07. The number of hydrogen-bond acceptors (Lipinski definition) is 1. The van der Waals surface area contributed by atoms with Gasteiger partial charge in [0.25, 0.3) is 5.91 Å². The number of halogens is 2. The van der Waals surface area contributed by atoms with E-state index in [1.807, 2.05) is 42.9 Å². The Labute approximate surface area is 128 Å². The van der Waals surface area contributed by atoms with E-state index >= 15 is 0 Å². The van der Waals surface area contributed by atoms with Crippen LogP contribution in [0, 0.1) is 6.92 Å². The number of carbonyl (C=O) groups excluding carboxylic acids is 1. The van der Waals surface area contributed by atoms with Crippen LogP contribution in [0.25, 0.3) is 0 Å². The Morgan fingerprint density at radius 1 is 1.20 bits per heavy atom. The second-order valence-electron chi connectivity index (χ2n) is 4.61. The zero-order chi connectivity index (χ0) is 14.7. The lowest BCUT2D eigenvalue weighted by atomic mass is 10.2. The van der Waals surface area contributed by atoms with Crippen LogP contribution in [0.1, 0.15) is 18.5 Å².